The quantitative estimate of drug-likeness (QED) is 0.890. The highest BCUT2D eigenvalue weighted by atomic mass is 19.4. The molecule has 5 nitrogen and oxygen atoms in total. The molecule has 2 rings (SSSR count). The Morgan fingerprint density at radius 3 is 2.33 bits per heavy atom. The summed E-state index contributed by atoms with van der Waals surface area (Å²) in [5.41, 5.74) is 0.630. The molecular formula is C16H18F3NO4. The summed E-state index contributed by atoms with van der Waals surface area (Å²) in [6, 6.07) is 6.67. The molecular weight excluding hydrogens is 327 g/mol. The zero-order chi connectivity index (χ0) is 17.9. The van der Waals surface area contributed by atoms with Crippen LogP contribution in [-0.4, -0.2) is 47.8 Å². The van der Waals surface area contributed by atoms with Crippen molar-refractivity contribution in [2.24, 2.45) is 11.8 Å². The van der Waals surface area contributed by atoms with E-state index in [2.05, 4.69) is 0 Å². The minimum absolute atomic E-state index is 0.0800. The van der Waals surface area contributed by atoms with E-state index in [9.17, 15) is 22.8 Å². The van der Waals surface area contributed by atoms with Crippen LogP contribution in [0.25, 0.3) is 0 Å². The molecule has 8 heteroatoms. The molecule has 0 saturated carbocycles. The molecule has 0 spiro atoms. The number of carbonyl (C=O) groups is 2. The molecule has 1 aromatic carbocycles. The Morgan fingerprint density at radius 1 is 1.25 bits per heavy atom. The normalized spacial score (nSPS) is 20.9. The first kappa shape index (κ1) is 18.1. The predicted molar refractivity (Wildman–Crippen MR) is 78.6 cm³/mol. The molecule has 0 aromatic heterocycles. The number of benzene rings is 1. The lowest BCUT2D eigenvalue weighted by atomic mass is 9.96. The molecule has 1 saturated heterocycles. The van der Waals surface area contributed by atoms with E-state index in [-0.39, 0.29) is 6.42 Å². The van der Waals surface area contributed by atoms with Crippen LogP contribution in [0.5, 0.6) is 5.75 Å². The summed E-state index contributed by atoms with van der Waals surface area (Å²) in [5.74, 6) is -5.06. The summed E-state index contributed by atoms with van der Waals surface area (Å²) in [5, 5.41) is 8.97. The molecule has 0 aliphatic carbocycles. The van der Waals surface area contributed by atoms with Crippen molar-refractivity contribution in [2.45, 2.75) is 19.5 Å². The van der Waals surface area contributed by atoms with Gasteiger partial charge in [0.25, 0.3) is 0 Å². The molecule has 1 aliphatic rings. The van der Waals surface area contributed by atoms with Gasteiger partial charge in [-0.25, -0.2) is 0 Å². The number of nitrogens with zero attached hydrogens (tertiary/aromatic N) is 1. The third kappa shape index (κ3) is 4.18. The molecule has 1 amide bonds. The smallest absolute Gasteiger partial charge is 0.394 e. The first-order valence-electron chi connectivity index (χ1n) is 7.51. The maximum atomic E-state index is 12.9. The topological polar surface area (TPSA) is 66.8 Å². The van der Waals surface area contributed by atoms with Crippen LogP contribution in [0.3, 0.4) is 0 Å². The van der Waals surface area contributed by atoms with Crippen molar-refractivity contribution < 1.29 is 32.6 Å². The monoisotopic (exact) mass is 345 g/mol. The number of ether oxygens (including phenoxy) is 1. The molecule has 1 aromatic rings. The van der Waals surface area contributed by atoms with E-state index in [0.29, 0.717) is 17.9 Å². The van der Waals surface area contributed by atoms with Crippen molar-refractivity contribution in [2.75, 3.05) is 19.7 Å². The number of hydrogen-bond acceptors (Lipinski definition) is 3. The van der Waals surface area contributed by atoms with Gasteiger partial charge in [-0.1, -0.05) is 12.1 Å². The van der Waals surface area contributed by atoms with Crippen LogP contribution in [0, 0.1) is 11.8 Å². The average molecular weight is 345 g/mol. The van der Waals surface area contributed by atoms with E-state index in [1.807, 2.05) is 6.92 Å². The highest BCUT2D eigenvalue weighted by molar-refractivity contribution is 5.81. The Kier molecular flexibility index (Phi) is 5.36. The Labute approximate surface area is 137 Å². The lowest BCUT2D eigenvalue weighted by molar-refractivity contribution is -0.188. The van der Waals surface area contributed by atoms with Crippen LogP contribution >= 0.6 is 0 Å². The van der Waals surface area contributed by atoms with Crippen LogP contribution in [0.1, 0.15) is 12.5 Å². The van der Waals surface area contributed by atoms with Crippen molar-refractivity contribution >= 4 is 11.9 Å². The fourth-order valence-corrected chi connectivity index (χ4v) is 2.75. The van der Waals surface area contributed by atoms with Gasteiger partial charge in [0.15, 0.2) is 0 Å². The zero-order valence-electron chi connectivity index (χ0n) is 13.0. The molecule has 1 N–H and O–H groups in total. The number of likely N-dealkylation sites (tertiary alicyclic amines) is 1. The molecule has 132 valence electrons. The first-order chi connectivity index (χ1) is 11.2. The molecule has 2 atom stereocenters. The fourth-order valence-electron chi connectivity index (χ4n) is 2.75. The number of aliphatic carboxylic acids is 1. The number of carbonyl (C=O) groups excluding carboxylic acids is 1. The number of hydrogen-bond donors (Lipinski definition) is 1. The van der Waals surface area contributed by atoms with Crippen LogP contribution in [0.2, 0.25) is 0 Å². The summed E-state index contributed by atoms with van der Waals surface area (Å²) in [4.78, 5) is 24.2. The van der Waals surface area contributed by atoms with E-state index >= 15 is 0 Å². The summed E-state index contributed by atoms with van der Waals surface area (Å²) in [6.07, 6.45) is -4.72. The number of alkyl halides is 3. The Balaban J connectivity index is 2.03. The summed E-state index contributed by atoms with van der Waals surface area (Å²) >= 11 is 0. The second-order valence-electron chi connectivity index (χ2n) is 5.65. The van der Waals surface area contributed by atoms with E-state index in [1.165, 1.54) is 0 Å². The number of rotatable bonds is 5. The Bertz CT molecular complexity index is 600. The van der Waals surface area contributed by atoms with Crippen LogP contribution in [-0.2, 0) is 16.0 Å². The minimum atomic E-state index is -4.64. The first-order valence-corrected chi connectivity index (χ1v) is 7.51. The maximum Gasteiger partial charge on any atom is 0.394 e. The van der Waals surface area contributed by atoms with Crippen molar-refractivity contribution in [3.63, 3.8) is 0 Å². The lowest BCUT2D eigenvalue weighted by Crippen LogP contribution is -2.34. The van der Waals surface area contributed by atoms with Crippen LogP contribution in [0.4, 0.5) is 13.2 Å². The molecule has 0 bridgehead atoms. The van der Waals surface area contributed by atoms with Gasteiger partial charge < -0.3 is 14.7 Å². The van der Waals surface area contributed by atoms with Crippen molar-refractivity contribution in [3.8, 4) is 5.75 Å². The molecule has 0 unspecified atom stereocenters. The summed E-state index contributed by atoms with van der Waals surface area (Å²) < 4.78 is 44.1. The number of carboxylic acid groups (broad SMARTS) is 1. The van der Waals surface area contributed by atoms with Gasteiger partial charge in [0.05, 0.1) is 24.9 Å². The largest absolute Gasteiger partial charge is 0.494 e. The molecule has 24 heavy (non-hydrogen) atoms. The number of halogens is 3. The van der Waals surface area contributed by atoms with Crippen molar-refractivity contribution in [1.82, 2.24) is 4.90 Å². The van der Waals surface area contributed by atoms with Gasteiger partial charge in [0.2, 0.25) is 5.91 Å². The average Bonchev–Trinajstić information content (AvgIpc) is 2.95. The third-order valence-corrected chi connectivity index (χ3v) is 4.00. The molecule has 1 aliphatic heterocycles. The molecule has 1 fully saturated rings. The maximum absolute atomic E-state index is 12.9. The van der Waals surface area contributed by atoms with E-state index < -0.39 is 43.0 Å². The predicted octanol–water partition coefficient (Wildman–Crippen LogP) is 2.35. The van der Waals surface area contributed by atoms with E-state index in [1.54, 1.807) is 24.3 Å². The van der Waals surface area contributed by atoms with Crippen molar-refractivity contribution in [3.05, 3.63) is 29.8 Å². The Morgan fingerprint density at radius 2 is 1.88 bits per heavy atom. The third-order valence-electron chi connectivity index (χ3n) is 4.00. The SMILES string of the molecule is CCOc1ccc(CC(=O)N2C[C@@H](C(F)(F)F)[C@H](C(=O)O)C2)cc1. The lowest BCUT2D eigenvalue weighted by Gasteiger charge is -2.18. The molecule has 0 radical (unpaired) electrons. The van der Waals surface area contributed by atoms with Gasteiger partial charge >= 0.3 is 12.1 Å². The van der Waals surface area contributed by atoms with Gasteiger partial charge in [-0.05, 0) is 24.6 Å². The second-order valence-corrected chi connectivity index (χ2v) is 5.65. The van der Waals surface area contributed by atoms with Gasteiger partial charge in [-0.3, -0.25) is 9.59 Å². The van der Waals surface area contributed by atoms with Gasteiger partial charge in [-0.2, -0.15) is 13.2 Å². The molecule has 1 heterocycles. The van der Waals surface area contributed by atoms with E-state index in [0.717, 1.165) is 4.90 Å². The zero-order valence-corrected chi connectivity index (χ0v) is 13.0. The minimum Gasteiger partial charge on any atom is -0.494 e. The summed E-state index contributed by atoms with van der Waals surface area (Å²) in [7, 11) is 0. The van der Waals surface area contributed by atoms with Gasteiger partial charge in [0, 0.05) is 13.1 Å². The van der Waals surface area contributed by atoms with Crippen LogP contribution < -0.4 is 4.74 Å². The van der Waals surface area contributed by atoms with Crippen molar-refractivity contribution in [1.29, 1.82) is 0 Å². The fraction of sp³-hybridized carbons (Fsp3) is 0.500. The standard InChI is InChI=1S/C16H18F3NO4/c1-2-24-11-5-3-10(4-6-11)7-14(21)20-8-12(15(22)23)13(9-20)16(17,18)19/h3-6,12-13H,2,7-9H2,1H3,(H,22,23)/t12-,13-/m1/s1. The summed E-state index contributed by atoms with van der Waals surface area (Å²) in [6.45, 7) is 1.30. The van der Waals surface area contributed by atoms with Gasteiger partial charge in [-0.15, -0.1) is 0 Å². The highest BCUT2D eigenvalue weighted by Crippen LogP contribution is 2.37. The highest BCUT2D eigenvalue weighted by Gasteiger charge is 2.53. The Hall–Kier alpha value is -2.25. The van der Waals surface area contributed by atoms with E-state index in [4.69, 9.17) is 9.84 Å². The second kappa shape index (κ2) is 7.11. The number of carboxylic acids is 1. The number of amides is 1. The van der Waals surface area contributed by atoms with Crippen LogP contribution in [0.15, 0.2) is 24.3 Å². The van der Waals surface area contributed by atoms with Gasteiger partial charge in [0.1, 0.15) is 5.75 Å².